The fraction of sp³-hybridized carbons (Fsp3) is 0.529. The summed E-state index contributed by atoms with van der Waals surface area (Å²) in [5.41, 5.74) is 1.04. The summed E-state index contributed by atoms with van der Waals surface area (Å²) in [7, 11) is 0. The standard InChI is InChI=1S/C17H25N3O2/c1-11(13-9-18-10-13)15(21)19-14-7-5-12(6-8-14)16(22)20-17(2,3)4/h5-8,11,13,18H,9-10H2,1-4H3,(H,19,21)(H,20,22). The molecule has 1 aromatic carbocycles. The Balaban J connectivity index is 1.94. The average Bonchev–Trinajstić information content (AvgIpc) is 2.35. The van der Waals surface area contributed by atoms with Crippen LogP contribution >= 0.6 is 0 Å². The number of carbonyl (C=O) groups is 2. The topological polar surface area (TPSA) is 70.2 Å². The minimum atomic E-state index is -0.268. The predicted octanol–water partition coefficient (Wildman–Crippen LogP) is 2.01. The van der Waals surface area contributed by atoms with Crippen LogP contribution in [0.4, 0.5) is 5.69 Å². The van der Waals surface area contributed by atoms with E-state index in [9.17, 15) is 9.59 Å². The Morgan fingerprint density at radius 2 is 1.77 bits per heavy atom. The molecule has 0 radical (unpaired) electrons. The molecule has 120 valence electrons. The van der Waals surface area contributed by atoms with Gasteiger partial charge in [0.1, 0.15) is 0 Å². The van der Waals surface area contributed by atoms with E-state index in [0.29, 0.717) is 11.5 Å². The van der Waals surface area contributed by atoms with E-state index in [1.54, 1.807) is 24.3 Å². The molecular formula is C17H25N3O2. The minimum Gasteiger partial charge on any atom is -0.347 e. The number of nitrogens with one attached hydrogen (secondary N) is 3. The molecule has 2 rings (SSSR count). The molecule has 22 heavy (non-hydrogen) atoms. The molecule has 0 saturated carbocycles. The van der Waals surface area contributed by atoms with Crippen LogP contribution in [0.5, 0.6) is 0 Å². The van der Waals surface area contributed by atoms with Gasteiger partial charge in [0, 0.05) is 22.7 Å². The fourth-order valence-corrected chi connectivity index (χ4v) is 2.25. The van der Waals surface area contributed by atoms with E-state index >= 15 is 0 Å². The summed E-state index contributed by atoms with van der Waals surface area (Å²) in [6.45, 7) is 9.58. The quantitative estimate of drug-likeness (QED) is 0.797. The molecule has 1 fully saturated rings. The Morgan fingerprint density at radius 3 is 2.23 bits per heavy atom. The van der Waals surface area contributed by atoms with Gasteiger partial charge in [0.2, 0.25) is 5.91 Å². The Labute approximate surface area is 131 Å². The Bertz CT molecular complexity index is 542. The van der Waals surface area contributed by atoms with Crippen LogP contribution in [0.2, 0.25) is 0 Å². The lowest BCUT2D eigenvalue weighted by Gasteiger charge is -2.31. The second kappa shape index (κ2) is 6.48. The summed E-state index contributed by atoms with van der Waals surface area (Å²) in [4.78, 5) is 24.2. The van der Waals surface area contributed by atoms with Gasteiger partial charge in [-0.25, -0.2) is 0 Å². The Morgan fingerprint density at radius 1 is 1.18 bits per heavy atom. The monoisotopic (exact) mass is 303 g/mol. The molecule has 5 nitrogen and oxygen atoms in total. The molecule has 0 spiro atoms. The van der Waals surface area contributed by atoms with Gasteiger partial charge in [-0.15, -0.1) is 0 Å². The van der Waals surface area contributed by atoms with Crippen molar-refractivity contribution in [1.29, 1.82) is 0 Å². The van der Waals surface area contributed by atoms with E-state index in [0.717, 1.165) is 18.8 Å². The summed E-state index contributed by atoms with van der Waals surface area (Å²) in [5, 5.41) is 8.99. The maximum atomic E-state index is 12.1. The number of rotatable bonds is 4. The lowest BCUT2D eigenvalue weighted by atomic mass is 9.88. The molecule has 1 aliphatic rings. The lowest BCUT2D eigenvalue weighted by molar-refractivity contribution is -0.121. The lowest BCUT2D eigenvalue weighted by Crippen LogP contribution is -2.48. The van der Waals surface area contributed by atoms with Gasteiger partial charge in [-0.1, -0.05) is 6.92 Å². The summed E-state index contributed by atoms with van der Waals surface area (Å²) >= 11 is 0. The summed E-state index contributed by atoms with van der Waals surface area (Å²) in [6.07, 6.45) is 0. The third kappa shape index (κ3) is 4.31. The highest BCUT2D eigenvalue weighted by molar-refractivity contribution is 5.96. The van der Waals surface area contributed by atoms with Crippen LogP contribution in [0.3, 0.4) is 0 Å². The maximum Gasteiger partial charge on any atom is 0.251 e. The molecule has 1 unspecified atom stereocenters. The van der Waals surface area contributed by atoms with Gasteiger partial charge in [-0.2, -0.15) is 0 Å². The van der Waals surface area contributed by atoms with Gasteiger partial charge in [-0.3, -0.25) is 9.59 Å². The van der Waals surface area contributed by atoms with Crippen molar-refractivity contribution in [3.8, 4) is 0 Å². The van der Waals surface area contributed by atoms with E-state index in [4.69, 9.17) is 0 Å². The molecule has 5 heteroatoms. The van der Waals surface area contributed by atoms with Crippen LogP contribution in [0.1, 0.15) is 38.1 Å². The smallest absolute Gasteiger partial charge is 0.251 e. The van der Waals surface area contributed by atoms with Crippen LogP contribution in [-0.4, -0.2) is 30.4 Å². The number of hydrogen-bond donors (Lipinski definition) is 3. The van der Waals surface area contributed by atoms with Crippen LogP contribution in [0, 0.1) is 11.8 Å². The zero-order chi connectivity index (χ0) is 16.3. The number of anilines is 1. The van der Waals surface area contributed by atoms with Crippen LogP contribution in [-0.2, 0) is 4.79 Å². The molecular weight excluding hydrogens is 278 g/mol. The highest BCUT2D eigenvalue weighted by Gasteiger charge is 2.28. The molecule has 3 N–H and O–H groups in total. The van der Waals surface area contributed by atoms with Crippen LogP contribution < -0.4 is 16.0 Å². The number of benzene rings is 1. The van der Waals surface area contributed by atoms with Gasteiger partial charge in [0.25, 0.3) is 5.91 Å². The van der Waals surface area contributed by atoms with Crippen molar-refractivity contribution in [2.24, 2.45) is 11.8 Å². The maximum absolute atomic E-state index is 12.1. The molecule has 1 aromatic rings. The SMILES string of the molecule is CC(C(=O)Nc1ccc(C(=O)NC(C)(C)C)cc1)C1CNC1. The van der Waals surface area contributed by atoms with E-state index < -0.39 is 0 Å². The van der Waals surface area contributed by atoms with Gasteiger partial charge < -0.3 is 16.0 Å². The molecule has 1 atom stereocenters. The number of carbonyl (C=O) groups excluding carboxylic acids is 2. The first-order chi connectivity index (χ1) is 10.3. The molecule has 1 aliphatic heterocycles. The highest BCUT2D eigenvalue weighted by Crippen LogP contribution is 2.18. The summed E-state index contributed by atoms with van der Waals surface area (Å²) < 4.78 is 0. The molecule has 1 saturated heterocycles. The Kier molecular flexibility index (Phi) is 4.86. The summed E-state index contributed by atoms with van der Waals surface area (Å²) in [5.74, 6) is 0.319. The zero-order valence-corrected chi connectivity index (χ0v) is 13.7. The van der Waals surface area contributed by atoms with Crippen molar-refractivity contribution in [1.82, 2.24) is 10.6 Å². The largest absolute Gasteiger partial charge is 0.347 e. The first-order valence-corrected chi connectivity index (χ1v) is 7.70. The van der Waals surface area contributed by atoms with E-state index in [-0.39, 0.29) is 23.3 Å². The second-order valence-corrected chi connectivity index (χ2v) is 6.98. The molecule has 1 heterocycles. The second-order valence-electron chi connectivity index (χ2n) is 6.98. The minimum absolute atomic E-state index is 0.00915. The van der Waals surface area contributed by atoms with Gasteiger partial charge in [-0.05, 0) is 64.0 Å². The zero-order valence-electron chi connectivity index (χ0n) is 13.7. The van der Waals surface area contributed by atoms with E-state index in [1.165, 1.54) is 0 Å². The van der Waals surface area contributed by atoms with Crippen molar-refractivity contribution >= 4 is 17.5 Å². The highest BCUT2D eigenvalue weighted by atomic mass is 16.2. The molecule has 2 amide bonds. The average molecular weight is 303 g/mol. The number of amides is 2. The fourth-order valence-electron chi connectivity index (χ4n) is 2.25. The van der Waals surface area contributed by atoms with Crippen molar-refractivity contribution in [2.75, 3.05) is 18.4 Å². The van der Waals surface area contributed by atoms with Gasteiger partial charge >= 0.3 is 0 Å². The van der Waals surface area contributed by atoms with Crippen molar-refractivity contribution in [3.05, 3.63) is 29.8 Å². The van der Waals surface area contributed by atoms with Crippen LogP contribution in [0.15, 0.2) is 24.3 Å². The van der Waals surface area contributed by atoms with Gasteiger partial charge in [0.15, 0.2) is 0 Å². The van der Waals surface area contributed by atoms with E-state index in [1.807, 2.05) is 27.7 Å². The van der Waals surface area contributed by atoms with Crippen LogP contribution in [0.25, 0.3) is 0 Å². The van der Waals surface area contributed by atoms with Crippen molar-refractivity contribution in [3.63, 3.8) is 0 Å². The first kappa shape index (κ1) is 16.5. The third-order valence-corrected chi connectivity index (χ3v) is 3.84. The molecule has 0 bridgehead atoms. The van der Waals surface area contributed by atoms with E-state index in [2.05, 4.69) is 16.0 Å². The number of hydrogen-bond acceptors (Lipinski definition) is 3. The molecule has 0 aromatic heterocycles. The summed E-state index contributed by atoms with van der Waals surface area (Å²) in [6, 6.07) is 6.99. The van der Waals surface area contributed by atoms with Crippen molar-refractivity contribution in [2.45, 2.75) is 33.2 Å². The van der Waals surface area contributed by atoms with Crippen molar-refractivity contribution < 1.29 is 9.59 Å². The predicted molar refractivity (Wildman–Crippen MR) is 87.8 cm³/mol. The normalized spacial score (nSPS) is 16.5. The first-order valence-electron chi connectivity index (χ1n) is 7.70. The van der Waals surface area contributed by atoms with Gasteiger partial charge in [0.05, 0.1) is 0 Å². The third-order valence-electron chi connectivity index (χ3n) is 3.84. The Hall–Kier alpha value is -1.88. The molecule has 0 aliphatic carbocycles.